The Labute approximate surface area is 191 Å². The highest BCUT2D eigenvalue weighted by atomic mass is 16.5. The number of hydrogen-bond donors (Lipinski definition) is 1. The Bertz CT molecular complexity index is 896. The molecule has 0 unspecified atom stereocenters. The zero-order valence-electron chi connectivity index (χ0n) is 18.8. The molecule has 1 fully saturated rings. The van der Waals surface area contributed by atoms with Gasteiger partial charge < -0.3 is 19.5 Å². The molecule has 0 radical (unpaired) electrons. The first-order valence-corrected chi connectivity index (χ1v) is 11.5. The number of benzene rings is 3. The summed E-state index contributed by atoms with van der Waals surface area (Å²) in [6.07, 6.45) is 2.93. The van der Waals surface area contributed by atoms with Gasteiger partial charge in [0.15, 0.2) is 0 Å². The Morgan fingerprint density at radius 3 is 1.88 bits per heavy atom. The maximum absolute atomic E-state index is 12.0. The van der Waals surface area contributed by atoms with E-state index < -0.39 is 5.60 Å². The topological polar surface area (TPSA) is 41.9 Å². The summed E-state index contributed by atoms with van der Waals surface area (Å²) >= 11 is 0. The van der Waals surface area contributed by atoms with Crippen molar-refractivity contribution in [3.63, 3.8) is 0 Å². The Hall–Kier alpha value is -2.82. The number of likely N-dealkylation sites (tertiary alicyclic amines) is 1. The Morgan fingerprint density at radius 1 is 0.812 bits per heavy atom. The third-order valence-electron chi connectivity index (χ3n) is 6.55. The van der Waals surface area contributed by atoms with Crippen LogP contribution < -0.4 is 9.47 Å². The fourth-order valence-corrected chi connectivity index (χ4v) is 4.75. The summed E-state index contributed by atoms with van der Waals surface area (Å²) in [5.74, 6) is 1.91. The number of hydrogen-bond acceptors (Lipinski definition) is 4. The molecule has 1 N–H and O–H groups in total. The van der Waals surface area contributed by atoms with Gasteiger partial charge in [0.25, 0.3) is 0 Å². The van der Waals surface area contributed by atoms with Crippen LogP contribution in [0, 0.1) is 5.92 Å². The van der Waals surface area contributed by atoms with Crippen molar-refractivity contribution >= 4 is 0 Å². The third kappa shape index (κ3) is 5.14. The molecule has 0 amide bonds. The van der Waals surface area contributed by atoms with E-state index in [9.17, 15) is 5.11 Å². The minimum atomic E-state index is -0.952. The van der Waals surface area contributed by atoms with Crippen molar-refractivity contribution < 1.29 is 14.6 Å². The van der Waals surface area contributed by atoms with Crippen LogP contribution in [0.3, 0.4) is 0 Å². The first-order valence-electron chi connectivity index (χ1n) is 11.5. The maximum Gasteiger partial charge on any atom is 0.119 e. The van der Waals surface area contributed by atoms with Gasteiger partial charge in [0.1, 0.15) is 17.1 Å². The molecule has 168 valence electrons. The first kappa shape index (κ1) is 22.4. The fraction of sp³-hybridized carbons (Fsp3) is 0.357. The lowest BCUT2D eigenvalue weighted by atomic mass is 9.72. The van der Waals surface area contributed by atoms with Gasteiger partial charge in [-0.25, -0.2) is 0 Å². The van der Waals surface area contributed by atoms with Gasteiger partial charge in [-0.2, -0.15) is 0 Å². The molecule has 4 nitrogen and oxygen atoms in total. The molecule has 4 heteroatoms. The minimum Gasteiger partial charge on any atom is -0.497 e. The number of methoxy groups -OCH3 is 1. The SMILES string of the molecule is COc1ccc(OCCCN2CCC(C(O)(c3ccccc3)c3ccccc3)CC2)cc1. The average Bonchev–Trinajstić information content (AvgIpc) is 2.88. The second kappa shape index (κ2) is 10.7. The van der Waals surface area contributed by atoms with Gasteiger partial charge in [-0.3, -0.25) is 0 Å². The first-order chi connectivity index (χ1) is 15.7. The molecule has 0 saturated carbocycles. The van der Waals surface area contributed by atoms with Crippen molar-refractivity contribution in [3.05, 3.63) is 96.1 Å². The van der Waals surface area contributed by atoms with Crippen LogP contribution in [-0.2, 0) is 5.60 Å². The normalized spacial score (nSPS) is 15.4. The van der Waals surface area contributed by atoms with Crippen molar-refractivity contribution in [2.24, 2.45) is 5.92 Å². The predicted molar refractivity (Wildman–Crippen MR) is 128 cm³/mol. The van der Waals surface area contributed by atoms with E-state index in [4.69, 9.17) is 9.47 Å². The van der Waals surface area contributed by atoms with Gasteiger partial charge in [0, 0.05) is 6.54 Å². The van der Waals surface area contributed by atoms with Crippen LogP contribution >= 0.6 is 0 Å². The van der Waals surface area contributed by atoms with E-state index in [1.165, 1.54) is 0 Å². The van der Waals surface area contributed by atoms with E-state index >= 15 is 0 Å². The van der Waals surface area contributed by atoms with Gasteiger partial charge in [-0.05, 0) is 73.7 Å². The van der Waals surface area contributed by atoms with Crippen LogP contribution in [-0.4, -0.2) is 43.4 Å². The molecule has 4 rings (SSSR count). The molecule has 1 aliphatic heterocycles. The van der Waals surface area contributed by atoms with Gasteiger partial charge in [0.05, 0.1) is 13.7 Å². The highest BCUT2D eigenvalue weighted by molar-refractivity contribution is 5.37. The van der Waals surface area contributed by atoms with Crippen LogP contribution in [0.1, 0.15) is 30.4 Å². The molecule has 0 spiro atoms. The third-order valence-corrected chi connectivity index (χ3v) is 6.55. The number of aliphatic hydroxyl groups is 1. The Balaban J connectivity index is 1.31. The molecular weight excluding hydrogens is 398 g/mol. The molecule has 32 heavy (non-hydrogen) atoms. The number of ether oxygens (including phenoxy) is 2. The number of piperidine rings is 1. The molecule has 0 bridgehead atoms. The van der Waals surface area contributed by atoms with E-state index in [-0.39, 0.29) is 5.92 Å². The average molecular weight is 432 g/mol. The Morgan fingerprint density at radius 2 is 1.34 bits per heavy atom. The lowest BCUT2D eigenvalue weighted by Gasteiger charge is -2.42. The summed E-state index contributed by atoms with van der Waals surface area (Å²) < 4.78 is 11.0. The maximum atomic E-state index is 12.0. The molecule has 0 atom stereocenters. The van der Waals surface area contributed by atoms with Crippen molar-refractivity contribution in [1.82, 2.24) is 4.90 Å². The monoisotopic (exact) mass is 431 g/mol. The van der Waals surface area contributed by atoms with Crippen molar-refractivity contribution in [2.75, 3.05) is 33.4 Å². The molecule has 1 heterocycles. The summed E-state index contributed by atoms with van der Waals surface area (Å²) in [5.41, 5.74) is 1.02. The molecule has 3 aromatic rings. The van der Waals surface area contributed by atoms with Gasteiger partial charge in [0.2, 0.25) is 0 Å². The van der Waals surface area contributed by atoms with Crippen molar-refractivity contribution in [1.29, 1.82) is 0 Å². The zero-order chi connectivity index (χ0) is 22.2. The molecule has 3 aromatic carbocycles. The van der Waals surface area contributed by atoms with E-state index in [1.54, 1.807) is 7.11 Å². The van der Waals surface area contributed by atoms with Crippen LogP contribution in [0.2, 0.25) is 0 Å². The molecule has 0 aromatic heterocycles. The van der Waals surface area contributed by atoms with Crippen LogP contribution in [0.15, 0.2) is 84.9 Å². The highest BCUT2D eigenvalue weighted by Gasteiger charge is 2.41. The van der Waals surface area contributed by atoms with E-state index in [0.717, 1.165) is 61.5 Å². The van der Waals surface area contributed by atoms with Crippen molar-refractivity contribution in [2.45, 2.75) is 24.9 Å². The summed E-state index contributed by atoms with van der Waals surface area (Å²) in [5, 5.41) is 12.0. The van der Waals surface area contributed by atoms with E-state index in [2.05, 4.69) is 29.2 Å². The standard InChI is InChI=1S/C28H33NO3/c1-31-26-13-15-27(16-14-26)32-22-8-19-29-20-17-25(18-21-29)28(30,23-9-4-2-5-10-23)24-11-6-3-7-12-24/h2-7,9-16,25,30H,8,17-22H2,1H3. The molecule has 1 aliphatic rings. The second-order valence-corrected chi connectivity index (χ2v) is 8.49. The molecule has 0 aliphatic carbocycles. The van der Waals surface area contributed by atoms with E-state index in [1.807, 2.05) is 60.7 Å². The quantitative estimate of drug-likeness (QED) is 0.478. The smallest absolute Gasteiger partial charge is 0.119 e. The van der Waals surface area contributed by atoms with E-state index in [0.29, 0.717) is 6.61 Å². The highest BCUT2D eigenvalue weighted by Crippen LogP contribution is 2.41. The zero-order valence-corrected chi connectivity index (χ0v) is 18.8. The van der Waals surface area contributed by atoms with Gasteiger partial charge >= 0.3 is 0 Å². The number of nitrogens with zero attached hydrogens (tertiary/aromatic N) is 1. The van der Waals surface area contributed by atoms with Crippen LogP contribution in [0.25, 0.3) is 0 Å². The summed E-state index contributed by atoms with van der Waals surface area (Å²) in [6.45, 7) is 3.70. The second-order valence-electron chi connectivity index (χ2n) is 8.49. The molecular formula is C28H33NO3. The van der Waals surface area contributed by atoms with Gasteiger partial charge in [-0.15, -0.1) is 0 Å². The van der Waals surface area contributed by atoms with Crippen molar-refractivity contribution in [3.8, 4) is 11.5 Å². The fourth-order valence-electron chi connectivity index (χ4n) is 4.75. The van der Waals surface area contributed by atoms with Gasteiger partial charge in [-0.1, -0.05) is 60.7 Å². The Kier molecular flexibility index (Phi) is 7.46. The number of rotatable bonds is 9. The summed E-state index contributed by atoms with van der Waals surface area (Å²) in [4.78, 5) is 2.49. The molecule has 1 saturated heterocycles. The van der Waals surface area contributed by atoms with Crippen LogP contribution in [0.5, 0.6) is 11.5 Å². The largest absolute Gasteiger partial charge is 0.497 e. The summed E-state index contributed by atoms with van der Waals surface area (Å²) in [6, 6.07) is 28.0. The lowest BCUT2D eigenvalue weighted by Crippen LogP contribution is -2.44. The summed E-state index contributed by atoms with van der Waals surface area (Å²) in [7, 11) is 1.67. The predicted octanol–water partition coefficient (Wildman–Crippen LogP) is 5.11. The minimum absolute atomic E-state index is 0.194. The van der Waals surface area contributed by atoms with Crippen LogP contribution in [0.4, 0.5) is 0 Å². The lowest BCUT2D eigenvalue weighted by molar-refractivity contribution is -0.0146.